The number of amides is 1. The number of fused-ring (bicyclic) bond motifs is 1. The summed E-state index contributed by atoms with van der Waals surface area (Å²) in [7, 11) is 0. The van der Waals surface area contributed by atoms with E-state index in [0.29, 0.717) is 16.9 Å². The van der Waals surface area contributed by atoms with Crippen LogP contribution in [0.15, 0.2) is 33.9 Å². The van der Waals surface area contributed by atoms with Crippen molar-refractivity contribution in [3.63, 3.8) is 0 Å². The van der Waals surface area contributed by atoms with Crippen LogP contribution in [-0.2, 0) is 24.4 Å². The second-order valence-corrected chi connectivity index (χ2v) is 8.50. The molecule has 0 saturated carbocycles. The van der Waals surface area contributed by atoms with Gasteiger partial charge in [-0.05, 0) is 32.3 Å². The van der Waals surface area contributed by atoms with E-state index in [-0.39, 0.29) is 24.6 Å². The van der Waals surface area contributed by atoms with Gasteiger partial charge in [0.1, 0.15) is 11.2 Å². The van der Waals surface area contributed by atoms with Crippen LogP contribution in [0.4, 0.5) is 5.13 Å². The largest absolute Gasteiger partial charge is 0.350 e. The van der Waals surface area contributed by atoms with Gasteiger partial charge < -0.3 is 10.2 Å². The standard InChI is InChI=1S/C21H25N5O3S/c1-3-25-19(28)17-18(23-20(30-17)24-10-4-5-11-24)26(21(25)29)13-16(27)22-12-15-8-6-14(2)7-9-15/h6-9H,3-5,10-13H2,1-2H3,(H,22,27). The molecule has 0 atom stereocenters. The molecule has 3 heterocycles. The zero-order valence-electron chi connectivity index (χ0n) is 17.2. The average molecular weight is 428 g/mol. The first-order valence-electron chi connectivity index (χ1n) is 10.2. The van der Waals surface area contributed by atoms with Crippen LogP contribution < -0.4 is 21.5 Å². The van der Waals surface area contributed by atoms with E-state index in [1.807, 2.05) is 31.2 Å². The predicted molar refractivity (Wildman–Crippen MR) is 118 cm³/mol. The molecule has 1 amide bonds. The third kappa shape index (κ3) is 3.89. The molecule has 3 aromatic rings. The molecule has 0 unspecified atom stereocenters. The maximum absolute atomic E-state index is 12.9. The molecular weight excluding hydrogens is 402 g/mol. The lowest BCUT2D eigenvalue weighted by molar-refractivity contribution is -0.121. The number of hydrogen-bond acceptors (Lipinski definition) is 6. The minimum Gasteiger partial charge on any atom is -0.350 e. The molecule has 8 nitrogen and oxygen atoms in total. The molecule has 1 fully saturated rings. The second-order valence-electron chi connectivity index (χ2n) is 7.52. The molecule has 1 saturated heterocycles. The Morgan fingerprint density at radius 1 is 1.13 bits per heavy atom. The van der Waals surface area contributed by atoms with Crippen molar-refractivity contribution in [1.29, 1.82) is 0 Å². The van der Waals surface area contributed by atoms with Crippen LogP contribution in [0.3, 0.4) is 0 Å². The molecule has 30 heavy (non-hydrogen) atoms. The highest BCUT2D eigenvalue weighted by atomic mass is 32.1. The number of aryl methyl sites for hydroxylation is 1. The van der Waals surface area contributed by atoms with Crippen molar-refractivity contribution in [2.24, 2.45) is 0 Å². The Morgan fingerprint density at radius 2 is 1.83 bits per heavy atom. The van der Waals surface area contributed by atoms with Crippen LogP contribution in [0.1, 0.15) is 30.9 Å². The van der Waals surface area contributed by atoms with Crippen LogP contribution >= 0.6 is 11.3 Å². The molecule has 1 aliphatic rings. The normalized spacial score (nSPS) is 13.9. The fourth-order valence-corrected chi connectivity index (χ4v) is 4.71. The Morgan fingerprint density at radius 3 is 2.50 bits per heavy atom. The quantitative estimate of drug-likeness (QED) is 0.649. The highest BCUT2D eigenvalue weighted by Gasteiger charge is 2.22. The van der Waals surface area contributed by atoms with Crippen LogP contribution in [0.2, 0.25) is 0 Å². The van der Waals surface area contributed by atoms with Crippen molar-refractivity contribution in [2.45, 2.75) is 46.3 Å². The zero-order valence-corrected chi connectivity index (χ0v) is 18.0. The summed E-state index contributed by atoms with van der Waals surface area (Å²) in [5, 5.41) is 3.59. The molecule has 1 N–H and O–H groups in total. The monoisotopic (exact) mass is 427 g/mol. The number of nitrogens with one attached hydrogen (secondary N) is 1. The number of anilines is 1. The lowest BCUT2D eigenvalue weighted by Crippen LogP contribution is -2.42. The van der Waals surface area contributed by atoms with Crippen LogP contribution in [-0.4, -0.2) is 33.1 Å². The van der Waals surface area contributed by atoms with Crippen LogP contribution in [0.5, 0.6) is 0 Å². The lowest BCUT2D eigenvalue weighted by atomic mass is 10.1. The van der Waals surface area contributed by atoms with E-state index in [0.717, 1.165) is 42.2 Å². The van der Waals surface area contributed by atoms with Gasteiger partial charge in [-0.1, -0.05) is 41.2 Å². The Labute approximate surface area is 177 Å². The van der Waals surface area contributed by atoms with Gasteiger partial charge in [-0.15, -0.1) is 0 Å². The van der Waals surface area contributed by atoms with E-state index in [2.05, 4.69) is 15.2 Å². The summed E-state index contributed by atoms with van der Waals surface area (Å²) in [5.74, 6) is -0.295. The van der Waals surface area contributed by atoms with Crippen LogP contribution in [0, 0.1) is 6.92 Å². The summed E-state index contributed by atoms with van der Waals surface area (Å²) in [4.78, 5) is 45.0. The summed E-state index contributed by atoms with van der Waals surface area (Å²) in [5.41, 5.74) is 1.59. The van der Waals surface area contributed by atoms with E-state index in [1.165, 1.54) is 20.5 Å². The number of nitrogens with zero attached hydrogens (tertiary/aromatic N) is 4. The van der Waals surface area contributed by atoms with Gasteiger partial charge in [-0.2, -0.15) is 0 Å². The second kappa shape index (κ2) is 8.43. The molecule has 0 aliphatic carbocycles. The molecule has 4 rings (SSSR count). The van der Waals surface area contributed by atoms with Gasteiger partial charge in [-0.3, -0.25) is 18.7 Å². The molecule has 0 bridgehead atoms. The minimum atomic E-state index is -0.501. The van der Waals surface area contributed by atoms with Crippen molar-refractivity contribution >= 4 is 32.7 Å². The predicted octanol–water partition coefficient (Wildman–Crippen LogP) is 1.86. The van der Waals surface area contributed by atoms with E-state index >= 15 is 0 Å². The molecule has 9 heteroatoms. The first-order valence-corrected chi connectivity index (χ1v) is 11.0. The molecule has 158 valence electrons. The summed E-state index contributed by atoms with van der Waals surface area (Å²) in [6, 6.07) is 7.89. The van der Waals surface area contributed by atoms with E-state index in [4.69, 9.17) is 0 Å². The molecule has 1 aliphatic heterocycles. The molecular formula is C21H25N5O3S. The fraction of sp³-hybridized carbons (Fsp3) is 0.429. The molecule has 0 spiro atoms. The number of hydrogen-bond donors (Lipinski definition) is 1. The zero-order chi connectivity index (χ0) is 21.3. The number of carbonyl (C=O) groups is 1. The summed E-state index contributed by atoms with van der Waals surface area (Å²) >= 11 is 1.30. The highest BCUT2D eigenvalue weighted by molar-refractivity contribution is 7.22. The first kappa shape index (κ1) is 20.3. The van der Waals surface area contributed by atoms with Gasteiger partial charge in [0, 0.05) is 26.2 Å². The van der Waals surface area contributed by atoms with Crippen molar-refractivity contribution in [3.8, 4) is 0 Å². The highest BCUT2D eigenvalue weighted by Crippen LogP contribution is 2.28. The van der Waals surface area contributed by atoms with E-state index in [1.54, 1.807) is 6.92 Å². The van der Waals surface area contributed by atoms with Crippen LogP contribution in [0.25, 0.3) is 10.3 Å². The number of thiazole rings is 1. The molecule has 0 radical (unpaired) electrons. The van der Waals surface area contributed by atoms with Gasteiger partial charge >= 0.3 is 5.69 Å². The smallest absolute Gasteiger partial charge is 0.333 e. The van der Waals surface area contributed by atoms with Gasteiger partial charge in [-0.25, -0.2) is 9.78 Å². The Bertz CT molecular complexity index is 1190. The fourth-order valence-electron chi connectivity index (χ4n) is 3.64. The maximum atomic E-state index is 12.9. The van der Waals surface area contributed by atoms with Gasteiger partial charge in [0.25, 0.3) is 5.56 Å². The third-order valence-electron chi connectivity index (χ3n) is 5.36. The van der Waals surface area contributed by atoms with Gasteiger partial charge in [0.05, 0.1) is 0 Å². The number of aromatic nitrogens is 3. The third-order valence-corrected chi connectivity index (χ3v) is 6.45. The molecule has 1 aromatic carbocycles. The molecule has 2 aromatic heterocycles. The average Bonchev–Trinajstić information content (AvgIpc) is 3.41. The van der Waals surface area contributed by atoms with E-state index in [9.17, 15) is 14.4 Å². The minimum absolute atomic E-state index is 0.176. The number of benzene rings is 1. The van der Waals surface area contributed by atoms with Crippen molar-refractivity contribution in [2.75, 3.05) is 18.0 Å². The first-order chi connectivity index (χ1) is 14.5. The van der Waals surface area contributed by atoms with Crippen molar-refractivity contribution in [1.82, 2.24) is 19.4 Å². The van der Waals surface area contributed by atoms with Gasteiger partial charge in [0.15, 0.2) is 10.8 Å². The summed E-state index contributed by atoms with van der Waals surface area (Å²) < 4.78 is 2.91. The van der Waals surface area contributed by atoms with E-state index < -0.39 is 5.69 Å². The Balaban J connectivity index is 1.64. The SMILES string of the molecule is CCn1c(=O)c2sc(N3CCCC3)nc2n(CC(=O)NCc2ccc(C)cc2)c1=O. The lowest BCUT2D eigenvalue weighted by Gasteiger charge is -2.12. The van der Waals surface area contributed by atoms with Crippen molar-refractivity contribution < 1.29 is 4.79 Å². The number of rotatable bonds is 6. The maximum Gasteiger partial charge on any atom is 0.333 e. The van der Waals surface area contributed by atoms with Crippen molar-refractivity contribution in [3.05, 3.63) is 56.2 Å². The Hall–Kier alpha value is -2.94. The summed E-state index contributed by atoms with van der Waals surface area (Å²) in [6.07, 6.45) is 2.17. The van der Waals surface area contributed by atoms with Gasteiger partial charge in [0.2, 0.25) is 5.91 Å². The number of carbonyl (C=O) groups excluding carboxylic acids is 1. The topological polar surface area (TPSA) is 89.2 Å². The summed E-state index contributed by atoms with van der Waals surface area (Å²) in [6.45, 7) is 5.98. The Kier molecular flexibility index (Phi) is 5.72.